The SMILES string of the molecule is FC(F)(F)c1cccc([C@H]2CN3CCC[C@H]3c3ccccc32)c1. The van der Waals surface area contributed by atoms with Crippen LogP contribution in [0, 0.1) is 0 Å². The van der Waals surface area contributed by atoms with Gasteiger partial charge in [-0.05, 0) is 42.1 Å². The monoisotopic (exact) mass is 317 g/mol. The zero-order valence-corrected chi connectivity index (χ0v) is 12.7. The fraction of sp³-hybridized carbons (Fsp3) is 0.368. The lowest BCUT2D eigenvalue weighted by molar-refractivity contribution is -0.137. The molecule has 2 heterocycles. The molecule has 120 valence electrons. The summed E-state index contributed by atoms with van der Waals surface area (Å²) in [4.78, 5) is 2.42. The molecule has 0 amide bonds. The van der Waals surface area contributed by atoms with Crippen molar-refractivity contribution in [3.05, 3.63) is 70.8 Å². The Kier molecular flexibility index (Phi) is 3.45. The molecule has 2 aromatic rings. The fourth-order valence-electron chi connectivity index (χ4n) is 4.08. The van der Waals surface area contributed by atoms with E-state index in [9.17, 15) is 13.2 Å². The molecule has 2 atom stereocenters. The summed E-state index contributed by atoms with van der Waals surface area (Å²) in [6.07, 6.45) is -1.99. The highest BCUT2D eigenvalue weighted by Gasteiger charge is 2.37. The molecule has 0 aliphatic carbocycles. The molecule has 1 nitrogen and oxygen atoms in total. The van der Waals surface area contributed by atoms with Crippen LogP contribution < -0.4 is 0 Å². The van der Waals surface area contributed by atoms with Crippen LogP contribution in [0.15, 0.2) is 48.5 Å². The molecule has 4 rings (SSSR count). The van der Waals surface area contributed by atoms with Crippen LogP contribution in [0.2, 0.25) is 0 Å². The first-order valence-electron chi connectivity index (χ1n) is 8.04. The average molecular weight is 317 g/mol. The van der Waals surface area contributed by atoms with Crippen molar-refractivity contribution in [1.29, 1.82) is 0 Å². The van der Waals surface area contributed by atoms with Crippen LogP contribution in [0.5, 0.6) is 0 Å². The van der Waals surface area contributed by atoms with Gasteiger partial charge in [0.25, 0.3) is 0 Å². The average Bonchev–Trinajstić information content (AvgIpc) is 3.02. The minimum Gasteiger partial charge on any atom is -0.295 e. The number of benzene rings is 2. The Morgan fingerprint density at radius 2 is 1.74 bits per heavy atom. The molecule has 1 saturated heterocycles. The predicted octanol–water partition coefficient (Wildman–Crippen LogP) is 4.99. The number of rotatable bonds is 1. The molecule has 0 saturated carbocycles. The van der Waals surface area contributed by atoms with Crippen molar-refractivity contribution >= 4 is 0 Å². The van der Waals surface area contributed by atoms with E-state index in [-0.39, 0.29) is 5.92 Å². The molecule has 1 fully saturated rings. The van der Waals surface area contributed by atoms with Gasteiger partial charge >= 0.3 is 6.18 Å². The van der Waals surface area contributed by atoms with Crippen LogP contribution in [-0.2, 0) is 6.18 Å². The number of fused-ring (bicyclic) bond motifs is 3. The quantitative estimate of drug-likeness (QED) is 0.716. The van der Waals surface area contributed by atoms with Crippen LogP contribution in [0.25, 0.3) is 0 Å². The Morgan fingerprint density at radius 3 is 2.52 bits per heavy atom. The first-order chi connectivity index (χ1) is 11.0. The smallest absolute Gasteiger partial charge is 0.295 e. The zero-order chi connectivity index (χ0) is 16.0. The summed E-state index contributed by atoms with van der Waals surface area (Å²) in [5.41, 5.74) is 2.68. The van der Waals surface area contributed by atoms with Gasteiger partial charge in [0.15, 0.2) is 0 Å². The normalized spacial score (nSPS) is 24.3. The van der Waals surface area contributed by atoms with Crippen molar-refractivity contribution in [3.63, 3.8) is 0 Å². The van der Waals surface area contributed by atoms with Gasteiger partial charge in [0.05, 0.1) is 5.56 Å². The number of nitrogens with zero attached hydrogens (tertiary/aromatic N) is 1. The molecule has 0 spiro atoms. The highest BCUT2D eigenvalue weighted by Crippen LogP contribution is 2.44. The van der Waals surface area contributed by atoms with E-state index in [1.54, 1.807) is 0 Å². The molecular formula is C19H18F3N. The summed E-state index contributed by atoms with van der Waals surface area (Å²) in [5, 5.41) is 0. The van der Waals surface area contributed by atoms with E-state index in [1.807, 2.05) is 18.2 Å². The lowest BCUT2D eigenvalue weighted by Gasteiger charge is -2.37. The highest BCUT2D eigenvalue weighted by molar-refractivity contribution is 5.43. The van der Waals surface area contributed by atoms with Gasteiger partial charge in [-0.2, -0.15) is 13.2 Å². The summed E-state index contributed by atoms with van der Waals surface area (Å²) in [6, 6.07) is 14.5. The van der Waals surface area contributed by atoms with Gasteiger partial charge in [-0.3, -0.25) is 4.90 Å². The zero-order valence-electron chi connectivity index (χ0n) is 12.7. The van der Waals surface area contributed by atoms with E-state index in [1.165, 1.54) is 23.3 Å². The molecule has 0 bridgehead atoms. The summed E-state index contributed by atoms with van der Waals surface area (Å²) in [7, 11) is 0. The Bertz CT molecular complexity index is 723. The standard InChI is InChI=1S/C19H18F3N/c20-19(21,22)14-6-3-5-13(11-14)17-12-23-10-4-9-18(23)16-8-2-1-7-15(16)17/h1-3,5-8,11,17-18H,4,9-10,12H2/t17-,18+/m1/s1. The maximum atomic E-state index is 13.0. The summed E-state index contributed by atoms with van der Waals surface area (Å²) in [6.45, 7) is 1.84. The van der Waals surface area contributed by atoms with Gasteiger partial charge in [-0.1, -0.05) is 42.5 Å². The van der Waals surface area contributed by atoms with Gasteiger partial charge in [0.2, 0.25) is 0 Å². The molecule has 0 unspecified atom stereocenters. The van der Waals surface area contributed by atoms with Gasteiger partial charge in [-0.25, -0.2) is 0 Å². The summed E-state index contributed by atoms with van der Waals surface area (Å²) in [5.74, 6) is 0.0165. The van der Waals surface area contributed by atoms with E-state index in [0.29, 0.717) is 6.04 Å². The Hall–Kier alpha value is -1.81. The molecule has 0 radical (unpaired) electrons. The van der Waals surface area contributed by atoms with Crippen LogP contribution in [0.1, 0.15) is 47.1 Å². The molecule has 0 N–H and O–H groups in total. The number of hydrogen-bond acceptors (Lipinski definition) is 1. The summed E-state index contributed by atoms with van der Waals surface area (Å²) >= 11 is 0. The highest BCUT2D eigenvalue weighted by atomic mass is 19.4. The minimum atomic E-state index is -4.29. The van der Waals surface area contributed by atoms with Gasteiger partial charge in [-0.15, -0.1) is 0 Å². The van der Waals surface area contributed by atoms with Crippen molar-refractivity contribution in [2.75, 3.05) is 13.1 Å². The third-order valence-electron chi connectivity index (χ3n) is 5.13. The molecule has 0 aromatic heterocycles. The van der Waals surface area contributed by atoms with Crippen molar-refractivity contribution in [2.45, 2.75) is 31.0 Å². The number of halogens is 3. The van der Waals surface area contributed by atoms with E-state index < -0.39 is 11.7 Å². The summed E-state index contributed by atoms with van der Waals surface area (Å²) < 4.78 is 39.1. The first-order valence-corrected chi connectivity index (χ1v) is 8.04. The topological polar surface area (TPSA) is 3.24 Å². The Morgan fingerprint density at radius 1 is 0.957 bits per heavy atom. The van der Waals surface area contributed by atoms with Gasteiger partial charge in [0.1, 0.15) is 0 Å². The van der Waals surface area contributed by atoms with E-state index in [2.05, 4.69) is 17.0 Å². The van der Waals surface area contributed by atoms with E-state index in [0.717, 1.165) is 37.6 Å². The lowest BCUT2D eigenvalue weighted by atomic mass is 9.81. The van der Waals surface area contributed by atoms with Crippen LogP contribution >= 0.6 is 0 Å². The Labute approximate surface area is 133 Å². The predicted molar refractivity (Wildman–Crippen MR) is 83.3 cm³/mol. The third-order valence-corrected chi connectivity index (χ3v) is 5.13. The number of alkyl halides is 3. The fourth-order valence-corrected chi connectivity index (χ4v) is 4.08. The first kappa shape index (κ1) is 14.8. The second-order valence-electron chi connectivity index (χ2n) is 6.46. The third kappa shape index (κ3) is 2.55. The Balaban J connectivity index is 1.79. The molecule has 2 aliphatic rings. The molecule has 23 heavy (non-hydrogen) atoms. The van der Waals surface area contributed by atoms with Gasteiger partial charge < -0.3 is 0 Å². The lowest BCUT2D eigenvalue weighted by Crippen LogP contribution is -2.34. The molecule has 4 heteroatoms. The molecule has 2 aromatic carbocycles. The van der Waals surface area contributed by atoms with E-state index in [4.69, 9.17) is 0 Å². The van der Waals surface area contributed by atoms with E-state index >= 15 is 0 Å². The molecular weight excluding hydrogens is 299 g/mol. The second kappa shape index (κ2) is 5.38. The second-order valence-corrected chi connectivity index (χ2v) is 6.46. The van der Waals surface area contributed by atoms with Crippen molar-refractivity contribution in [1.82, 2.24) is 4.90 Å². The largest absolute Gasteiger partial charge is 0.416 e. The minimum absolute atomic E-state index is 0.0165. The van der Waals surface area contributed by atoms with Crippen molar-refractivity contribution in [2.24, 2.45) is 0 Å². The maximum Gasteiger partial charge on any atom is 0.416 e. The van der Waals surface area contributed by atoms with Crippen LogP contribution in [0.4, 0.5) is 13.2 Å². The van der Waals surface area contributed by atoms with Crippen LogP contribution in [-0.4, -0.2) is 18.0 Å². The van der Waals surface area contributed by atoms with Crippen molar-refractivity contribution < 1.29 is 13.2 Å². The van der Waals surface area contributed by atoms with Crippen molar-refractivity contribution in [3.8, 4) is 0 Å². The molecule has 2 aliphatic heterocycles. The maximum absolute atomic E-state index is 13.0. The van der Waals surface area contributed by atoms with Gasteiger partial charge in [0, 0.05) is 18.5 Å². The number of hydrogen-bond donors (Lipinski definition) is 0. The van der Waals surface area contributed by atoms with Crippen LogP contribution in [0.3, 0.4) is 0 Å².